The van der Waals surface area contributed by atoms with Crippen molar-refractivity contribution < 1.29 is 18.9 Å². The molecule has 4 aliphatic rings. The summed E-state index contributed by atoms with van der Waals surface area (Å²) in [4.78, 5) is 9.42. The predicted molar refractivity (Wildman–Crippen MR) is 162 cm³/mol. The van der Waals surface area contributed by atoms with Crippen molar-refractivity contribution in [1.29, 1.82) is 0 Å². The molecular weight excluding hydrogens is 553 g/mol. The molecule has 8 heteroatoms. The molecule has 0 saturated carbocycles. The second kappa shape index (κ2) is 10.1. The van der Waals surface area contributed by atoms with Crippen LogP contribution in [0.15, 0.2) is 105 Å². The Hall–Kier alpha value is -2.98. The minimum absolute atomic E-state index is 0.308. The first kappa shape index (κ1) is 25.7. The Morgan fingerprint density at radius 2 is 0.927 bits per heavy atom. The fourth-order valence-corrected chi connectivity index (χ4v) is 8.35. The van der Waals surface area contributed by atoms with E-state index in [2.05, 4.69) is 109 Å². The second-order valence-electron chi connectivity index (χ2n) is 11.1. The van der Waals surface area contributed by atoms with Crippen molar-refractivity contribution in [3.8, 4) is 0 Å². The SMILES string of the molecule is CN1c2ccccc2Sc2cc(C3OCC4(CO3)COC(c3ccc5c(c3)Sc3ccccc3N5C)OC4)ccc21. The Kier molecular flexibility index (Phi) is 6.32. The summed E-state index contributed by atoms with van der Waals surface area (Å²) in [5.74, 6) is 0. The molecule has 1 spiro atoms. The molecule has 4 aromatic carbocycles. The average Bonchev–Trinajstić information content (AvgIpc) is 3.02. The molecule has 0 aliphatic carbocycles. The lowest BCUT2D eigenvalue weighted by Gasteiger charge is -2.44. The Labute approximate surface area is 248 Å². The van der Waals surface area contributed by atoms with Gasteiger partial charge in [-0.1, -0.05) is 59.9 Å². The first-order valence-corrected chi connectivity index (χ1v) is 15.5. The molecule has 208 valence electrons. The van der Waals surface area contributed by atoms with Gasteiger partial charge in [0, 0.05) is 44.8 Å². The van der Waals surface area contributed by atoms with Crippen molar-refractivity contribution in [3.63, 3.8) is 0 Å². The number of benzene rings is 4. The summed E-state index contributed by atoms with van der Waals surface area (Å²) in [5.41, 5.74) is 6.61. The van der Waals surface area contributed by atoms with E-state index in [0.29, 0.717) is 26.4 Å². The molecule has 0 amide bonds. The van der Waals surface area contributed by atoms with Gasteiger partial charge in [0.05, 0.1) is 54.6 Å². The van der Waals surface area contributed by atoms with Gasteiger partial charge in [0.2, 0.25) is 0 Å². The van der Waals surface area contributed by atoms with Gasteiger partial charge in [-0.05, 0) is 48.5 Å². The highest BCUT2D eigenvalue weighted by Crippen LogP contribution is 2.50. The summed E-state index contributed by atoms with van der Waals surface area (Å²) in [6.45, 7) is 2.11. The molecular formula is C33H30N2O4S2. The number of hydrogen-bond acceptors (Lipinski definition) is 8. The molecule has 0 N–H and O–H groups in total. The van der Waals surface area contributed by atoms with Crippen molar-refractivity contribution in [2.45, 2.75) is 32.2 Å². The standard InChI is InChI=1S/C33H30N2O4S2/c1-34-23-7-3-5-9-27(23)40-29-15-21(11-13-25(29)34)31-36-17-33(18-37-31)19-38-32(39-20-33)22-12-14-26-30(16-22)41-28-10-6-4-8-24(28)35(26)2/h3-16,31-32H,17-20H2,1-2H3. The van der Waals surface area contributed by atoms with E-state index in [4.69, 9.17) is 18.9 Å². The molecule has 4 heterocycles. The highest BCUT2D eigenvalue weighted by atomic mass is 32.2. The van der Waals surface area contributed by atoms with Crippen molar-refractivity contribution in [2.75, 3.05) is 50.3 Å². The Morgan fingerprint density at radius 3 is 1.37 bits per heavy atom. The summed E-state index contributed by atoms with van der Waals surface area (Å²) in [6, 6.07) is 29.9. The summed E-state index contributed by atoms with van der Waals surface area (Å²) in [7, 11) is 4.23. The first-order chi connectivity index (χ1) is 20.1. The summed E-state index contributed by atoms with van der Waals surface area (Å²) in [6.07, 6.45) is -0.798. The first-order valence-electron chi connectivity index (χ1n) is 13.8. The van der Waals surface area contributed by atoms with E-state index in [0.717, 1.165) is 11.1 Å². The Balaban J connectivity index is 0.921. The quantitative estimate of drug-likeness (QED) is 0.236. The van der Waals surface area contributed by atoms with Crippen LogP contribution in [0.5, 0.6) is 0 Å². The molecule has 2 saturated heterocycles. The average molecular weight is 583 g/mol. The zero-order chi connectivity index (χ0) is 27.6. The van der Waals surface area contributed by atoms with E-state index in [9.17, 15) is 0 Å². The molecule has 2 fully saturated rings. The monoisotopic (exact) mass is 582 g/mol. The van der Waals surface area contributed by atoms with Crippen LogP contribution in [0.2, 0.25) is 0 Å². The van der Waals surface area contributed by atoms with Crippen molar-refractivity contribution in [3.05, 3.63) is 96.1 Å². The van der Waals surface area contributed by atoms with Gasteiger partial charge < -0.3 is 28.7 Å². The maximum atomic E-state index is 6.29. The molecule has 6 nitrogen and oxygen atoms in total. The minimum Gasteiger partial charge on any atom is -0.348 e. The fourth-order valence-electron chi connectivity index (χ4n) is 5.95. The normalized spacial score (nSPS) is 24.8. The van der Waals surface area contributed by atoms with Gasteiger partial charge in [0.15, 0.2) is 12.6 Å². The van der Waals surface area contributed by atoms with Gasteiger partial charge in [-0.3, -0.25) is 0 Å². The lowest BCUT2D eigenvalue weighted by Crippen LogP contribution is -2.49. The summed E-state index contributed by atoms with van der Waals surface area (Å²) >= 11 is 3.58. The minimum atomic E-state index is -0.399. The maximum absolute atomic E-state index is 6.29. The van der Waals surface area contributed by atoms with Crippen LogP contribution in [0, 0.1) is 5.41 Å². The number of anilines is 4. The molecule has 0 atom stereocenters. The van der Waals surface area contributed by atoms with Crippen molar-refractivity contribution >= 4 is 46.3 Å². The lowest BCUT2D eigenvalue weighted by molar-refractivity contribution is -0.307. The number of rotatable bonds is 2. The Bertz CT molecular complexity index is 1510. The molecule has 0 radical (unpaired) electrons. The largest absolute Gasteiger partial charge is 0.348 e. The van der Waals surface area contributed by atoms with Crippen LogP contribution in [0.1, 0.15) is 23.7 Å². The van der Waals surface area contributed by atoms with Gasteiger partial charge in [-0.15, -0.1) is 0 Å². The zero-order valence-electron chi connectivity index (χ0n) is 22.9. The second-order valence-corrected chi connectivity index (χ2v) is 13.3. The molecule has 0 aromatic heterocycles. The Morgan fingerprint density at radius 1 is 0.537 bits per heavy atom. The molecule has 4 aliphatic heterocycles. The fraction of sp³-hybridized carbons (Fsp3) is 0.273. The van der Waals surface area contributed by atoms with Crippen LogP contribution >= 0.6 is 23.5 Å². The van der Waals surface area contributed by atoms with Gasteiger partial charge in [-0.25, -0.2) is 0 Å². The number of para-hydroxylation sites is 2. The van der Waals surface area contributed by atoms with E-state index in [1.165, 1.54) is 42.3 Å². The number of hydrogen-bond donors (Lipinski definition) is 0. The lowest BCUT2D eigenvalue weighted by atomic mass is 9.90. The topological polar surface area (TPSA) is 43.4 Å². The van der Waals surface area contributed by atoms with E-state index in [1.54, 1.807) is 23.5 Å². The highest BCUT2D eigenvalue weighted by molar-refractivity contribution is 8.00. The third kappa shape index (κ3) is 4.45. The van der Waals surface area contributed by atoms with E-state index >= 15 is 0 Å². The predicted octanol–water partition coefficient (Wildman–Crippen LogP) is 7.93. The van der Waals surface area contributed by atoms with Crippen LogP contribution < -0.4 is 9.80 Å². The number of nitrogens with zero attached hydrogens (tertiary/aromatic N) is 2. The molecule has 0 unspecified atom stereocenters. The third-order valence-electron chi connectivity index (χ3n) is 8.29. The van der Waals surface area contributed by atoms with Gasteiger partial charge in [0.25, 0.3) is 0 Å². The molecule has 8 rings (SSSR count). The van der Waals surface area contributed by atoms with Crippen LogP contribution in [-0.4, -0.2) is 40.5 Å². The maximum Gasteiger partial charge on any atom is 0.183 e. The smallest absolute Gasteiger partial charge is 0.183 e. The summed E-state index contributed by atoms with van der Waals surface area (Å²) in [5, 5.41) is 0. The van der Waals surface area contributed by atoms with Crippen LogP contribution in [-0.2, 0) is 18.9 Å². The molecule has 41 heavy (non-hydrogen) atoms. The van der Waals surface area contributed by atoms with Gasteiger partial charge >= 0.3 is 0 Å². The van der Waals surface area contributed by atoms with E-state index in [-0.39, 0.29) is 5.41 Å². The van der Waals surface area contributed by atoms with Gasteiger partial charge in [0.1, 0.15) is 0 Å². The van der Waals surface area contributed by atoms with Crippen LogP contribution in [0.25, 0.3) is 0 Å². The summed E-state index contributed by atoms with van der Waals surface area (Å²) < 4.78 is 25.2. The van der Waals surface area contributed by atoms with E-state index in [1.807, 2.05) is 0 Å². The van der Waals surface area contributed by atoms with Crippen LogP contribution in [0.3, 0.4) is 0 Å². The van der Waals surface area contributed by atoms with Crippen molar-refractivity contribution in [1.82, 2.24) is 0 Å². The van der Waals surface area contributed by atoms with Crippen LogP contribution in [0.4, 0.5) is 22.7 Å². The van der Waals surface area contributed by atoms with Gasteiger partial charge in [-0.2, -0.15) is 0 Å². The van der Waals surface area contributed by atoms with E-state index < -0.39 is 12.6 Å². The number of fused-ring (bicyclic) bond motifs is 4. The molecule has 4 aromatic rings. The zero-order valence-corrected chi connectivity index (χ0v) is 24.5. The third-order valence-corrected chi connectivity index (χ3v) is 10.5. The number of ether oxygens (including phenoxy) is 4. The molecule has 0 bridgehead atoms. The van der Waals surface area contributed by atoms with Crippen molar-refractivity contribution in [2.24, 2.45) is 5.41 Å². The highest BCUT2D eigenvalue weighted by Gasteiger charge is 2.43.